The van der Waals surface area contributed by atoms with Gasteiger partial charge in [-0.1, -0.05) is 16.8 Å². The van der Waals surface area contributed by atoms with Gasteiger partial charge in [0.2, 0.25) is 12.0 Å². The number of hydrogen-bond acceptors (Lipinski definition) is 5. The van der Waals surface area contributed by atoms with Crippen molar-refractivity contribution in [3.8, 4) is 5.75 Å². The Bertz CT molecular complexity index is 701. The van der Waals surface area contributed by atoms with E-state index in [1.807, 2.05) is 0 Å². The first kappa shape index (κ1) is 17.5. The van der Waals surface area contributed by atoms with Gasteiger partial charge in [0.1, 0.15) is 5.75 Å². The minimum absolute atomic E-state index is 0.0199. The summed E-state index contributed by atoms with van der Waals surface area (Å²) in [7, 11) is 1.56. The Hall–Kier alpha value is -2.28. The van der Waals surface area contributed by atoms with Crippen molar-refractivity contribution >= 4 is 29.1 Å². The summed E-state index contributed by atoms with van der Waals surface area (Å²) in [5.41, 5.74) is 1.25. The van der Waals surface area contributed by atoms with Crippen LogP contribution in [0.3, 0.4) is 0 Å². The van der Waals surface area contributed by atoms with Crippen LogP contribution in [0.4, 0.5) is 0 Å². The molecule has 134 valence electrons. The predicted molar refractivity (Wildman–Crippen MR) is 92.9 cm³/mol. The van der Waals surface area contributed by atoms with Gasteiger partial charge >= 0.3 is 0 Å². The monoisotopic (exact) mass is 365 g/mol. The van der Waals surface area contributed by atoms with Gasteiger partial charge in [-0.3, -0.25) is 9.59 Å². The predicted octanol–water partition coefficient (Wildman–Crippen LogP) is 1.58. The minimum Gasteiger partial charge on any atom is -0.497 e. The molecule has 7 nitrogen and oxygen atoms in total. The molecular weight excluding hydrogens is 346 g/mol. The lowest BCUT2D eigenvalue weighted by Crippen LogP contribution is -2.42. The van der Waals surface area contributed by atoms with E-state index in [9.17, 15) is 9.59 Å². The van der Waals surface area contributed by atoms with Crippen molar-refractivity contribution in [2.24, 2.45) is 5.16 Å². The molecule has 0 unspecified atom stereocenters. The summed E-state index contributed by atoms with van der Waals surface area (Å²) in [6, 6.07) is 5.21. The van der Waals surface area contributed by atoms with Crippen LogP contribution in [0.15, 0.2) is 23.4 Å². The summed E-state index contributed by atoms with van der Waals surface area (Å²) >= 11 is 6.19. The summed E-state index contributed by atoms with van der Waals surface area (Å²) in [5.74, 6) is 0.220. The third-order valence-corrected chi connectivity index (χ3v) is 4.65. The lowest BCUT2D eigenvalue weighted by atomic mass is 10.0. The van der Waals surface area contributed by atoms with Crippen molar-refractivity contribution < 1.29 is 19.2 Å². The van der Waals surface area contributed by atoms with Gasteiger partial charge in [-0.2, -0.15) is 0 Å². The number of carbonyl (C=O) groups excluding carboxylic acids is 2. The van der Waals surface area contributed by atoms with Crippen LogP contribution in [0.5, 0.6) is 5.75 Å². The van der Waals surface area contributed by atoms with Crippen LogP contribution < -0.4 is 10.1 Å². The van der Waals surface area contributed by atoms with Crippen LogP contribution in [0.2, 0.25) is 5.02 Å². The Morgan fingerprint density at radius 2 is 2.16 bits per heavy atom. The molecule has 1 aromatic rings. The van der Waals surface area contributed by atoms with Gasteiger partial charge < -0.3 is 19.8 Å². The van der Waals surface area contributed by atoms with Crippen molar-refractivity contribution in [1.82, 2.24) is 10.2 Å². The molecule has 1 N–H and O–H groups in total. The normalized spacial score (nSPS) is 19.4. The van der Waals surface area contributed by atoms with E-state index in [1.165, 1.54) is 0 Å². The minimum atomic E-state index is -0.761. The van der Waals surface area contributed by atoms with Crippen molar-refractivity contribution in [3.05, 3.63) is 28.8 Å². The maximum absolute atomic E-state index is 12.2. The molecule has 0 spiro atoms. The molecule has 8 heteroatoms. The number of carbonyl (C=O) groups is 2. The second-order valence-corrected chi connectivity index (χ2v) is 6.39. The van der Waals surface area contributed by atoms with Crippen LogP contribution in [0.25, 0.3) is 0 Å². The van der Waals surface area contributed by atoms with E-state index >= 15 is 0 Å². The highest BCUT2D eigenvalue weighted by Crippen LogP contribution is 2.27. The van der Waals surface area contributed by atoms with Crippen LogP contribution >= 0.6 is 11.6 Å². The molecule has 0 bridgehead atoms. The summed E-state index contributed by atoms with van der Waals surface area (Å²) in [4.78, 5) is 31.2. The summed E-state index contributed by atoms with van der Waals surface area (Å²) in [6.07, 6.45) is 1.56. The summed E-state index contributed by atoms with van der Waals surface area (Å²) < 4.78 is 5.18. The van der Waals surface area contributed by atoms with Crippen molar-refractivity contribution in [3.63, 3.8) is 0 Å². The van der Waals surface area contributed by atoms with Gasteiger partial charge in [0, 0.05) is 25.1 Å². The third-order valence-electron chi connectivity index (χ3n) is 4.32. The highest BCUT2D eigenvalue weighted by Gasteiger charge is 2.30. The van der Waals surface area contributed by atoms with Gasteiger partial charge in [-0.05, 0) is 31.0 Å². The van der Waals surface area contributed by atoms with E-state index in [0.29, 0.717) is 22.0 Å². The molecule has 0 aliphatic carbocycles. The molecule has 0 radical (unpaired) electrons. The topological polar surface area (TPSA) is 80.2 Å². The summed E-state index contributed by atoms with van der Waals surface area (Å²) in [6.45, 7) is 1.50. The average Bonchev–Trinajstić information content (AvgIpc) is 3.31. The number of benzene rings is 1. The standard InChI is InChI=1S/C17H20ClN3O4/c1-24-11-4-5-13(18)12(8-11)14-9-15(25-20-14)17(23)19-10-16(22)21-6-2-3-7-21/h4-5,8,15H,2-3,6-7,9-10H2,1H3,(H,19,23)/t15-/m1/s1. The molecule has 2 amide bonds. The van der Waals surface area contributed by atoms with Gasteiger partial charge in [0.25, 0.3) is 5.91 Å². The fourth-order valence-electron chi connectivity index (χ4n) is 2.88. The number of amides is 2. The zero-order chi connectivity index (χ0) is 17.8. The molecule has 1 saturated heterocycles. The first-order valence-electron chi connectivity index (χ1n) is 8.20. The lowest BCUT2D eigenvalue weighted by Gasteiger charge is -2.16. The number of nitrogens with zero attached hydrogens (tertiary/aromatic N) is 2. The number of halogens is 1. The van der Waals surface area contributed by atoms with E-state index in [2.05, 4.69) is 10.5 Å². The van der Waals surface area contributed by atoms with Crippen molar-refractivity contribution in [1.29, 1.82) is 0 Å². The van der Waals surface area contributed by atoms with Crippen molar-refractivity contribution in [2.75, 3.05) is 26.7 Å². The molecule has 0 saturated carbocycles. The molecular formula is C17H20ClN3O4. The van der Waals surface area contributed by atoms with E-state index < -0.39 is 6.10 Å². The molecule has 1 fully saturated rings. The van der Waals surface area contributed by atoms with Gasteiger partial charge in [-0.25, -0.2) is 0 Å². The fourth-order valence-corrected chi connectivity index (χ4v) is 3.11. The second kappa shape index (κ2) is 7.74. The Morgan fingerprint density at radius 1 is 1.40 bits per heavy atom. The molecule has 0 aromatic heterocycles. The smallest absolute Gasteiger partial charge is 0.264 e. The lowest BCUT2D eigenvalue weighted by molar-refractivity contribution is -0.136. The molecule has 2 aliphatic rings. The van der Waals surface area contributed by atoms with Crippen LogP contribution in [0.1, 0.15) is 24.8 Å². The number of likely N-dealkylation sites (tertiary alicyclic amines) is 1. The Morgan fingerprint density at radius 3 is 2.88 bits per heavy atom. The SMILES string of the molecule is COc1ccc(Cl)c(C2=NO[C@@H](C(=O)NCC(=O)N3CCCC3)C2)c1. The van der Waals surface area contributed by atoms with Crippen molar-refractivity contribution in [2.45, 2.75) is 25.4 Å². The Labute approximate surface area is 150 Å². The highest BCUT2D eigenvalue weighted by atomic mass is 35.5. The number of nitrogens with one attached hydrogen (secondary N) is 1. The average molecular weight is 366 g/mol. The first-order valence-corrected chi connectivity index (χ1v) is 8.58. The highest BCUT2D eigenvalue weighted by molar-refractivity contribution is 6.34. The van der Waals surface area contributed by atoms with Gasteiger partial charge in [0.15, 0.2) is 0 Å². The first-order chi connectivity index (χ1) is 12.1. The zero-order valence-electron chi connectivity index (χ0n) is 14.0. The zero-order valence-corrected chi connectivity index (χ0v) is 14.7. The Balaban J connectivity index is 1.54. The summed E-state index contributed by atoms with van der Waals surface area (Å²) in [5, 5.41) is 7.10. The molecule has 3 rings (SSSR count). The van der Waals surface area contributed by atoms with Gasteiger partial charge in [-0.15, -0.1) is 0 Å². The third kappa shape index (κ3) is 4.04. The van der Waals surface area contributed by atoms with Crippen LogP contribution in [0, 0.1) is 0 Å². The van der Waals surface area contributed by atoms with Gasteiger partial charge in [0.05, 0.1) is 24.4 Å². The fraction of sp³-hybridized carbons (Fsp3) is 0.471. The molecule has 1 aromatic carbocycles. The quantitative estimate of drug-likeness (QED) is 0.859. The second-order valence-electron chi connectivity index (χ2n) is 5.99. The molecule has 2 aliphatic heterocycles. The Kier molecular flexibility index (Phi) is 5.43. The number of hydrogen-bond donors (Lipinski definition) is 1. The van der Waals surface area contributed by atoms with E-state index in [1.54, 1.807) is 30.2 Å². The maximum atomic E-state index is 12.2. The number of methoxy groups -OCH3 is 1. The maximum Gasteiger partial charge on any atom is 0.264 e. The van der Waals surface area contributed by atoms with Crippen LogP contribution in [-0.4, -0.2) is 55.3 Å². The number of oxime groups is 1. The molecule has 2 heterocycles. The van der Waals surface area contributed by atoms with Crippen LogP contribution in [-0.2, 0) is 14.4 Å². The van der Waals surface area contributed by atoms with E-state index in [0.717, 1.165) is 25.9 Å². The van der Waals surface area contributed by atoms with E-state index in [4.69, 9.17) is 21.2 Å². The number of rotatable bonds is 5. The molecule has 1 atom stereocenters. The number of ether oxygens (including phenoxy) is 1. The molecule has 25 heavy (non-hydrogen) atoms. The van der Waals surface area contributed by atoms with E-state index in [-0.39, 0.29) is 24.8 Å². The largest absolute Gasteiger partial charge is 0.497 e.